The molecule has 0 amide bonds. The number of rotatable bonds is 6. The van der Waals surface area contributed by atoms with Gasteiger partial charge in [0, 0.05) is 16.7 Å². The van der Waals surface area contributed by atoms with Gasteiger partial charge in [-0.3, -0.25) is 0 Å². The monoisotopic (exact) mass is 504 g/mol. The van der Waals surface area contributed by atoms with Crippen LogP contribution in [0.3, 0.4) is 0 Å². The van der Waals surface area contributed by atoms with Gasteiger partial charge in [0.05, 0.1) is 5.56 Å². The first-order valence-corrected chi connectivity index (χ1v) is 12.6. The highest BCUT2D eigenvalue weighted by Crippen LogP contribution is 2.42. The molecule has 2 N–H and O–H groups in total. The van der Waals surface area contributed by atoms with Crippen molar-refractivity contribution < 1.29 is 19.7 Å². The SMILES string of the molecule is Cc1ccc(-c2cc(C(O)C#Cc3ccc(C(=O)O)cc3)cc(C(C)(C)C)c2OCc2ccccc2)cc1. The summed E-state index contributed by atoms with van der Waals surface area (Å²) in [5, 5.41) is 20.2. The van der Waals surface area contributed by atoms with Crippen LogP contribution in [0.2, 0.25) is 0 Å². The number of carboxylic acid groups (broad SMARTS) is 1. The van der Waals surface area contributed by atoms with Gasteiger partial charge in [-0.25, -0.2) is 4.79 Å². The summed E-state index contributed by atoms with van der Waals surface area (Å²) in [6.45, 7) is 8.86. The van der Waals surface area contributed by atoms with Crippen LogP contribution < -0.4 is 4.74 Å². The molecule has 0 saturated carbocycles. The summed E-state index contributed by atoms with van der Waals surface area (Å²) in [6.07, 6.45) is -1.04. The first kappa shape index (κ1) is 26.7. The van der Waals surface area contributed by atoms with Gasteiger partial charge in [-0.05, 0) is 65.4 Å². The molecule has 0 aliphatic carbocycles. The lowest BCUT2D eigenvalue weighted by atomic mass is 9.82. The van der Waals surface area contributed by atoms with Gasteiger partial charge in [0.1, 0.15) is 18.5 Å². The minimum atomic E-state index is -1.04. The highest BCUT2D eigenvalue weighted by atomic mass is 16.5. The van der Waals surface area contributed by atoms with E-state index in [9.17, 15) is 9.90 Å². The van der Waals surface area contributed by atoms with E-state index in [1.165, 1.54) is 12.1 Å². The van der Waals surface area contributed by atoms with Crippen LogP contribution in [0.4, 0.5) is 0 Å². The molecule has 1 atom stereocenters. The molecule has 0 heterocycles. The van der Waals surface area contributed by atoms with Crippen LogP contribution in [-0.4, -0.2) is 16.2 Å². The van der Waals surface area contributed by atoms with Crippen molar-refractivity contribution in [3.63, 3.8) is 0 Å². The summed E-state index contributed by atoms with van der Waals surface area (Å²) < 4.78 is 6.49. The predicted octanol–water partition coefficient (Wildman–Crippen LogP) is 7.32. The molecule has 0 bridgehead atoms. The van der Waals surface area contributed by atoms with Crippen molar-refractivity contribution in [3.05, 3.63) is 124 Å². The summed E-state index contributed by atoms with van der Waals surface area (Å²) in [6, 6.07) is 28.6. The molecule has 0 fully saturated rings. The van der Waals surface area contributed by atoms with Crippen molar-refractivity contribution in [2.45, 2.75) is 45.8 Å². The zero-order valence-corrected chi connectivity index (χ0v) is 22.2. The molecule has 0 spiro atoms. The van der Waals surface area contributed by atoms with E-state index in [0.29, 0.717) is 17.7 Å². The second-order valence-electron chi connectivity index (χ2n) is 10.4. The number of hydrogen-bond acceptors (Lipinski definition) is 3. The second kappa shape index (κ2) is 11.4. The Kier molecular flexibility index (Phi) is 8.00. The molecule has 192 valence electrons. The van der Waals surface area contributed by atoms with E-state index < -0.39 is 12.1 Å². The zero-order valence-electron chi connectivity index (χ0n) is 22.2. The number of aromatic carboxylic acids is 1. The lowest BCUT2D eigenvalue weighted by Gasteiger charge is -2.27. The first-order chi connectivity index (χ1) is 18.1. The number of carboxylic acids is 1. The van der Waals surface area contributed by atoms with Crippen LogP contribution in [0.5, 0.6) is 5.75 Å². The Morgan fingerprint density at radius 3 is 2.18 bits per heavy atom. The third-order valence-corrected chi connectivity index (χ3v) is 6.31. The molecule has 38 heavy (non-hydrogen) atoms. The Hall–Kier alpha value is -4.33. The minimum absolute atomic E-state index is 0.194. The Morgan fingerprint density at radius 2 is 1.58 bits per heavy atom. The van der Waals surface area contributed by atoms with Crippen LogP contribution in [0.15, 0.2) is 91.0 Å². The molecular weight excluding hydrogens is 472 g/mol. The predicted molar refractivity (Wildman–Crippen MR) is 151 cm³/mol. The van der Waals surface area contributed by atoms with Gasteiger partial charge in [0.2, 0.25) is 0 Å². The molecular formula is C34H32O4. The fourth-order valence-corrected chi connectivity index (χ4v) is 4.13. The van der Waals surface area contributed by atoms with Gasteiger partial charge in [-0.1, -0.05) is 92.8 Å². The van der Waals surface area contributed by atoms with Gasteiger partial charge in [-0.2, -0.15) is 0 Å². The quantitative estimate of drug-likeness (QED) is 0.270. The molecule has 4 aromatic carbocycles. The maximum atomic E-state index is 11.1. The van der Waals surface area contributed by atoms with E-state index in [1.54, 1.807) is 12.1 Å². The summed E-state index contributed by atoms with van der Waals surface area (Å²) in [4.78, 5) is 11.1. The lowest BCUT2D eigenvalue weighted by molar-refractivity contribution is 0.0697. The molecule has 1 unspecified atom stereocenters. The standard InChI is InChI=1S/C34H32O4/c1-23-10-15-26(16-11-23)29-20-28(31(35)19-14-24-12-17-27(18-13-24)33(36)37)21-30(34(2,3)4)32(29)38-22-25-8-6-5-7-9-25/h5-13,15-18,20-21,31,35H,22H2,1-4H3,(H,36,37). The number of aliphatic hydroxyl groups excluding tert-OH is 1. The summed E-state index contributed by atoms with van der Waals surface area (Å²) in [7, 11) is 0. The largest absolute Gasteiger partial charge is 0.488 e. The highest BCUT2D eigenvalue weighted by molar-refractivity contribution is 5.87. The molecule has 4 rings (SSSR count). The third kappa shape index (κ3) is 6.51. The molecule has 0 aliphatic heterocycles. The number of aryl methyl sites for hydroxylation is 1. The van der Waals surface area contributed by atoms with Crippen LogP contribution in [0.25, 0.3) is 11.1 Å². The van der Waals surface area contributed by atoms with Crippen LogP contribution in [0.1, 0.15) is 65.1 Å². The molecule has 0 aliphatic rings. The van der Waals surface area contributed by atoms with E-state index in [-0.39, 0.29) is 11.0 Å². The summed E-state index contributed by atoms with van der Waals surface area (Å²) >= 11 is 0. The summed E-state index contributed by atoms with van der Waals surface area (Å²) in [5.74, 6) is 5.70. The van der Waals surface area contributed by atoms with Crippen molar-refractivity contribution in [2.75, 3.05) is 0 Å². The molecule has 0 saturated heterocycles. The van der Waals surface area contributed by atoms with Gasteiger partial charge >= 0.3 is 5.97 Å². The topological polar surface area (TPSA) is 66.8 Å². The number of ether oxygens (including phenoxy) is 1. The van der Waals surface area contributed by atoms with Gasteiger partial charge in [-0.15, -0.1) is 0 Å². The van der Waals surface area contributed by atoms with Gasteiger partial charge < -0.3 is 14.9 Å². The van der Waals surface area contributed by atoms with Crippen molar-refractivity contribution in [2.24, 2.45) is 0 Å². The van der Waals surface area contributed by atoms with Crippen LogP contribution in [0, 0.1) is 18.8 Å². The van der Waals surface area contributed by atoms with Gasteiger partial charge in [0.25, 0.3) is 0 Å². The molecule has 4 nitrogen and oxygen atoms in total. The number of hydrogen-bond donors (Lipinski definition) is 2. The molecule has 0 radical (unpaired) electrons. The van der Waals surface area contributed by atoms with E-state index in [0.717, 1.165) is 33.6 Å². The lowest BCUT2D eigenvalue weighted by Crippen LogP contribution is -2.15. The van der Waals surface area contributed by atoms with E-state index in [2.05, 4.69) is 63.8 Å². The van der Waals surface area contributed by atoms with E-state index in [1.807, 2.05) is 42.5 Å². The first-order valence-electron chi connectivity index (χ1n) is 12.6. The van der Waals surface area contributed by atoms with Crippen LogP contribution in [-0.2, 0) is 12.0 Å². The molecule has 0 aromatic heterocycles. The maximum absolute atomic E-state index is 11.1. The summed E-state index contributed by atoms with van der Waals surface area (Å²) in [5.41, 5.74) is 6.34. The molecule has 4 aromatic rings. The maximum Gasteiger partial charge on any atom is 0.335 e. The highest BCUT2D eigenvalue weighted by Gasteiger charge is 2.25. The average Bonchev–Trinajstić information content (AvgIpc) is 2.91. The second-order valence-corrected chi connectivity index (χ2v) is 10.4. The normalized spacial score (nSPS) is 11.8. The van der Waals surface area contributed by atoms with Crippen molar-refractivity contribution in [1.29, 1.82) is 0 Å². The van der Waals surface area contributed by atoms with Crippen LogP contribution >= 0.6 is 0 Å². The minimum Gasteiger partial charge on any atom is -0.488 e. The Balaban J connectivity index is 1.78. The Bertz CT molecular complexity index is 1470. The smallest absolute Gasteiger partial charge is 0.335 e. The third-order valence-electron chi connectivity index (χ3n) is 6.31. The number of benzene rings is 4. The Morgan fingerprint density at radius 1 is 0.921 bits per heavy atom. The van der Waals surface area contributed by atoms with E-state index >= 15 is 0 Å². The zero-order chi connectivity index (χ0) is 27.3. The van der Waals surface area contributed by atoms with Gasteiger partial charge in [0.15, 0.2) is 0 Å². The average molecular weight is 505 g/mol. The fraction of sp³-hybridized carbons (Fsp3) is 0.206. The van der Waals surface area contributed by atoms with E-state index in [4.69, 9.17) is 9.84 Å². The van der Waals surface area contributed by atoms with Crippen molar-refractivity contribution in [3.8, 4) is 28.7 Å². The Labute approximate surface area is 224 Å². The van der Waals surface area contributed by atoms with Crippen molar-refractivity contribution in [1.82, 2.24) is 0 Å². The molecule has 4 heteroatoms. The van der Waals surface area contributed by atoms with Crippen molar-refractivity contribution >= 4 is 5.97 Å². The number of carbonyl (C=O) groups is 1. The number of aliphatic hydroxyl groups is 1. The fourth-order valence-electron chi connectivity index (χ4n) is 4.13.